The molecule has 0 radical (unpaired) electrons. The van der Waals surface area contributed by atoms with Gasteiger partial charge in [-0.2, -0.15) is 0 Å². The fourth-order valence-corrected chi connectivity index (χ4v) is 11.8. The second kappa shape index (κ2) is 10.7. The van der Waals surface area contributed by atoms with Crippen molar-refractivity contribution in [3.63, 3.8) is 0 Å². The summed E-state index contributed by atoms with van der Waals surface area (Å²) in [6.07, 6.45) is 8.97. The molecule has 35 heavy (non-hydrogen) atoms. The number of hydrogen-bond donors (Lipinski definition) is 1. The standard InChI is InChI=1S/C29H51ClO4Si/c1-7-35(8-2,9-3)34-25-22(5)28-14-13-21(4)27(6,24(31)20-23(25)12-10-11-17-30)26(28)29(16-15-28)32-18-19-33-29/h12,21-22,24-26,31H,7-11,13-20H2,1-6H3/b23-12-/t21-,22+,24+,25+,26+,27+,28+/m1/s1. The van der Waals surface area contributed by atoms with Crippen molar-refractivity contribution in [2.75, 3.05) is 19.1 Å². The third kappa shape index (κ3) is 4.42. The van der Waals surface area contributed by atoms with Crippen molar-refractivity contribution in [2.45, 2.75) is 123 Å². The normalized spacial score (nSPS) is 42.3. The number of rotatable bonds is 8. The molecule has 4 nitrogen and oxygen atoms in total. The van der Waals surface area contributed by atoms with E-state index < -0.39 is 20.2 Å². The summed E-state index contributed by atoms with van der Waals surface area (Å²) in [6, 6.07) is 3.42. The van der Waals surface area contributed by atoms with E-state index in [2.05, 4.69) is 47.6 Å². The minimum atomic E-state index is -1.87. The first-order valence-corrected chi connectivity index (χ1v) is 17.6. The van der Waals surface area contributed by atoms with Crippen molar-refractivity contribution in [1.29, 1.82) is 0 Å². The highest BCUT2D eigenvalue weighted by Gasteiger charge is 2.72. The number of allylic oxidation sites excluding steroid dienone is 1. The summed E-state index contributed by atoms with van der Waals surface area (Å²) in [4.78, 5) is 0. The Bertz CT molecular complexity index is 756. The van der Waals surface area contributed by atoms with Gasteiger partial charge >= 0.3 is 0 Å². The fraction of sp³-hybridized carbons (Fsp3) is 0.931. The Morgan fingerprint density at radius 2 is 1.74 bits per heavy atom. The molecule has 3 saturated carbocycles. The van der Waals surface area contributed by atoms with Crippen LogP contribution in [0.1, 0.15) is 86.5 Å². The zero-order valence-electron chi connectivity index (χ0n) is 23.2. The van der Waals surface area contributed by atoms with Crippen molar-refractivity contribution >= 4 is 19.9 Å². The summed E-state index contributed by atoms with van der Waals surface area (Å²) >= 11 is 6.07. The number of halogens is 1. The van der Waals surface area contributed by atoms with Gasteiger partial charge in [-0.1, -0.05) is 47.6 Å². The molecule has 3 aliphatic carbocycles. The number of ether oxygens (including phenoxy) is 2. The molecule has 1 saturated heterocycles. The summed E-state index contributed by atoms with van der Waals surface area (Å²) in [6.45, 7) is 15.5. The molecule has 7 atom stereocenters. The van der Waals surface area contributed by atoms with Gasteiger partial charge in [0.25, 0.3) is 0 Å². The van der Waals surface area contributed by atoms with Crippen LogP contribution in [-0.2, 0) is 13.9 Å². The molecule has 4 aliphatic rings. The predicted molar refractivity (Wildman–Crippen MR) is 146 cm³/mol. The summed E-state index contributed by atoms with van der Waals surface area (Å²) in [5.41, 5.74) is 1.13. The van der Waals surface area contributed by atoms with Crippen molar-refractivity contribution in [1.82, 2.24) is 0 Å². The fourth-order valence-electron chi connectivity index (χ4n) is 8.79. The zero-order chi connectivity index (χ0) is 25.5. The number of aliphatic hydroxyl groups is 1. The number of aliphatic hydroxyl groups excluding tert-OH is 1. The van der Waals surface area contributed by atoms with Crippen LogP contribution in [0.5, 0.6) is 0 Å². The molecule has 4 fully saturated rings. The molecular formula is C29H51ClO4Si. The van der Waals surface area contributed by atoms with E-state index in [9.17, 15) is 5.11 Å². The molecule has 0 aromatic rings. The first-order valence-electron chi connectivity index (χ1n) is 14.6. The van der Waals surface area contributed by atoms with Gasteiger partial charge in [-0.25, -0.2) is 0 Å². The lowest BCUT2D eigenvalue weighted by molar-refractivity contribution is -0.271. The lowest BCUT2D eigenvalue weighted by Crippen LogP contribution is -2.64. The molecule has 1 aliphatic heterocycles. The van der Waals surface area contributed by atoms with Crippen LogP contribution < -0.4 is 0 Å². The van der Waals surface area contributed by atoms with Crippen LogP contribution in [0.25, 0.3) is 0 Å². The maximum atomic E-state index is 12.1. The Kier molecular flexibility index (Phi) is 8.58. The van der Waals surface area contributed by atoms with Gasteiger partial charge in [-0.15, -0.1) is 11.6 Å². The third-order valence-electron chi connectivity index (χ3n) is 11.4. The average Bonchev–Trinajstić information content (AvgIpc) is 3.47. The zero-order valence-corrected chi connectivity index (χ0v) is 25.0. The molecule has 1 spiro atoms. The van der Waals surface area contributed by atoms with Crippen LogP contribution in [0, 0.1) is 28.6 Å². The van der Waals surface area contributed by atoms with Gasteiger partial charge < -0.3 is 19.0 Å². The average molecular weight is 527 g/mol. The molecule has 1 heterocycles. The maximum absolute atomic E-state index is 12.1. The van der Waals surface area contributed by atoms with Gasteiger partial charge in [0.2, 0.25) is 0 Å². The minimum Gasteiger partial charge on any atom is -0.410 e. The van der Waals surface area contributed by atoms with Crippen LogP contribution in [0.3, 0.4) is 0 Å². The summed E-state index contributed by atoms with van der Waals surface area (Å²) in [5, 5.41) is 12.1. The SMILES string of the molecule is CC[Si](CC)(CC)O[C@@H]1/C(=C\CCCCl)C[C@H](O)[C@]2(C)[C@H](C)CC[C@]3(CCC4(OCCO4)[C@H]32)[C@H]1C. The van der Waals surface area contributed by atoms with Gasteiger partial charge in [-0.3, -0.25) is 0 Å². The monoisotopic (exact) mass is 526 g/mol. The second-order valence-corrected chi connectivity index (χ2v) is 17.5. The predicted octanol–water partition coefficient (Wildman–Crippen LogP) is 7.30. The van der Waals surface area contributed by atoms with Gasteiger partial charge in [0, 0.05) is 23.6 Å². The third-order valence-corrected chi connectivity index (χ3v) is 16.3. The smallest absolute Gasteiger partial charge is 0.192 e. The van der Waals surface area contributed by atoms with Crippen LogP contribution in [0.2, 0.25) is 18.1 Å². The number of unbranched alkanes of at least 4 members (excludes halogenated alkanes) is 1. The molecule has 0 aromatic heterocycles. The highest BCUT2D eigenvalue weighted by molar-refractivity contribution is 6.73. The van der Waals surface area contributed by atoms with Crippen molar-refractivity contribution in [3.8, 4) is 0 Å². The summed E-state index contributed by atoms with van der Waals surface area (Å²) in [5.74, 6) is 1.09. The van der Waals surface area contributed by atoms with Crippen molar-refractivity contribution in [3.05, 3.63) is 11.6 Å². The van der Waals surface area contributed by atoms with Gasteiger partial charge in [0.15, 0.2) is 14.1 Å². The molecule has 202 valence electrons. The second-order valence-electron chi connectivity index (χ2n) is 12.4. The maximum Gasteiger partial charge on any atom is 0.192 e. The van der Waals surface area contributed by atoms with E-state index in [1.54, 1.807) is 0 Å². The van der Waals surface area contributed by atoms with Crippen molar-refractivity contribution in [2.24, 2.45) is 28.6 Å². The van der Waals surface area contributed by atoms with E-state index in [1.807, 2.05) is 0 Å². The van der Waals surface area contributed by atoms with Crippen LogP contribution in [-0.4, -0.2) is 50.5 Å². The summed E-state index contributed by atoms with van der Waals surface area (Å²) < 4.78 is 20.5. The Hall–Kier alpha value is 0.0869. The first kappa shape index (κ1) is 28.1. The highest BCUT2D eigenvalue weighted by atomic mass is 35.5. The quantitative estimate of drug-likeness (QED) is 0.156. The van der Waals surface area contributed by atoms with Crippen molar-refractivity contribution < 1.29 is 19.0 Å². The minimum absolute atomic E-state index is 0.0542. The Balaban J connectivity index is 1.86. The molecule has 2 bridgehead atoms. The molecular weight excluding hydrogens is 476 g/mol. The molecule has 0 amide bonds. The molecule has 4 rings (SSSR count). The van der Waals surface area contributed by atoms with E-state index in [0.29, 0.717) is 37.4 Å². The largest absolute Gasteiger partial charge is 0.410 e. The number of hydrogen-bond acceptors (Lipinski definition) is 4. The van der Waals surface area contributed by atoms with Gasteiger partial charge in [0.1, 0.15) is 0 Å². The van der Waals surface area contributed by atoms with Crippen LogP contribution >= 0.6 is 11.6 Å². The first-order chi connectivity index (χ1) is 16.7. The molecule has 6 heteroatoms. The summed E-state index contributed by atoms with van der Waals surface area (Å²) in [7, 11) is -1.87. The van der Waals surface area contributed by atoms with Crippen LogP contribution in [0.4, 0.5) is 0 Å². The van der Waals surface area contributed by atoms with E-state index in [0.717, 1.165) is 50.2 Å². The van der Waals surface area contributed by atoms with Crippen LogP contribution in [0.15, 0.2) is 11.6 Å². The molecule has 1 N–H and O–H groups in total. The topological polar surface area (TPSA) is 47.9 Å². The van der Waals surface area contributed by atoms with E-state index >= 15 is 0 Å². The Morgan fingerprint density at radius 1 is 1.09 bits per heavy atom. The van der Waals surface area contributed by atoms with E-state index in [4.69, 9.17) is 25.5 Å². The Morgan fingerprint density at radius 3 is 2.34 bits per heavy atom. The number of alkyl halides is 1. The van der Waals surface area contributed by atoms with E-state index in [-0.39, 0.29) is 22.9 Å². The van der Waals surface area contributed by atoms with Gasteiger partial charge in [-0.05, 0) is 79.5 Å². The highest BCUT2D eigenvalue weighted by Crippen LogP contribution is 2.71. The van der Waals surface area contributed by atoms with Gasteiger partial charge in [0.05, 0.1) is 25.4 Å². The molecule has 0 aromatic carbocycles. The lowest BCUT2D eigenvalue weighted by Gasteiger charge is -2.63. The van der Waals surface area contributed by atoms with E-state index in [1.165, 1.54) is 12.0 Å². The molecule has 0 unspecified atom stereocenters. The Labute approximate surface area is 220 Å². The lowest BCUT2D eigenvalue weighted by atomic mass is 9.45.